The Morgan fingerprint density at radius 3 is 0.333 bits per heavy atom. The van der Waals surface area contributed by atoms with Gasteiger partial charge < -0.3 is 54.6 Å². The van der Waals surface area contributed by atoms with E-state index in [1.807, 2.05) is 0 Å². The predicted octanol–water partition coefficient (Wildman–Crippen LogP) is -3.97. The van der Waals surface area contributed by atoms with Crippen LogP contribution in [0, 0.1) is 0 Å². The first kappa shape index (κ1) is 39.5. The van der Waals surface area contributed by atoms with Crippen LogP contribution in [0.5, 0.6) is 0 Å². The fraction of sp³-hybridized carbons (Fsp3) is 0. The van der Waals surface area contributed by atoms with Crippen molar-refractivity contribution >= 4 is 68.2 Å². The fourth-order valence-electron chi connectivity index (χ4n) is 0. The quantitative estimate of drug-likeness (QED) is 0.178. The molecule has 0 aliphatic heterocycles. The Kier molecular flexibility index (Phi) is 57.1. The molecule has 0 aromatic rings. The Hall–Kier alpha value is 0.420. The molecular weight excluding hydrogens is 480 g/mol. The van der Waals surface area contributed by atoms with Crippen molar-refractivity contribution in [2.45, 2.75) is 0 Å². The van der Waals surface area contributed by atoms with Crippen LogP contribution in [-0.4, -0.2) is 79.9 Å². The first-order chi connectivity index (χ1) is 10.4. The number of hydrogen-bond acceptors (Lipinski definition) is 12. The van der Waals surface area contributed by atoms with Crippen LogP contribution in [0.1, 0.15) is 0 Å². The van der Waals surface area contributed by atoms with Gasteiger partial charge in [-0.15, -0.1) is 0 Å². The van der Waals surface area contributed by atoms with Crippen LogP contribution in [0.3, 0.4) is 0 Å². The molecule has 0 saturated carbocycles. The molecule has 24 heavy (non-hydrogen) atoms. The second-order valence-corrected chi connectivity index (χ2v) is 3.91. The highest BCUT2D eigenvalue weighted by molar-refractivity contribution is 7.74. The zero-order valence-electron chi connectivity index (χ0n) is 10.0. The van der Waals surface area contributed by atoms with E-state index in [1.54, 1.807) is 0 Å². The number of rotatable bonds is 0. The zero-order chi connectivity index (χ0) is 21.5. The van der Waals surface area contributed by atoms with E-state index in [0.717, 1.165) is 0 Å². The summed E-state index contributed by atoms with van der Waals surface area (Å²) in [7, 11) is 0. The highest BCUT2D eigenvalue weighted by Crippen LogP contribution is 1.45. The Balaban J connectivity index is -0.0000000405. The molecule has 6 atom stereocenters. The topological polar surface area (TPSA) is 362 Å². The first-order valence-corrected chi connectivity index (χ1v) is 9.29. The molecule has 0 aromatic heterocycles. The van der Waals surface area contributed by atoms with Crippen LogP contribution in [0.4, 0.5) is 0 Å². The van der Waals surface area contributed by atoms with E-state index in [9.17, 15) is 0 Å². The van der Waals surface area contributed by atoms with Gasteiger partial charge in [-0.25, -0.2) is 25.3 Å². The lowest BCUT2D eigenvalue weighted by Crippen LogP contribution is -1.75. The molecule has 0 bridgehead atoms. The lowest BCUT2D eigenvalue weighted by molar-refractivity contribution is 0.434. The van der Waals surface area contributed by atoms with Gasteiger partial charge in [-0.1, -0.05) is 0 Å². The van der Waals surface area contributed by atoms with Crippen molar-refractivity contribution in [3.8, 4) is 0 Å². The maximum absolute atomic E-state index is 8.56. The maximum Gasteiger partial charge on any atom is 0.0814 e. The second kappa shape index (κ2) is 34.7. The van der Waals surface area contributed by atoms with Crippen molar-refractivity contribution in [3.05, 3.63) is 0 Å². The Morgan fingerprint density at radius 1 is 0.333 bits per heavy atom. The van der Waals surface area contributed by atoms with E-state index in [0.29, 0.717) is 0 Å². The van der Waals surface area contributed by atoms with E-state index in [2.05, 4.69) is 0 Å². The van der Waals surface area contributed by atoms with Gasteiger partial charge in [-0.2, -0.15) is 0 Å². The van der Waals surface area contributed by atoms with Gasteiger partial charge in [0.25, 0.3) is 0 Å². The molecule has 6 unspecified atom stereocenters. The fourth-order valence-corrected chi connectivity index (χ4v) is 0. The van der Waals surface area contributed by atoms with Crippen molar-refractivity contribution in [1.82, 2.24) is 0 Å². The number of hydrogen-bond donors (Lipinski definition) is 6. The normalized spacial score (nSPS) is 15.5. The van der Waals surface area contributed by atoms with Gasteiger partial charge >= 0.3 is 0 Å². The highest BCUT2D eigenvalue weighted by Gasteiger charge is 1.44. The summed E-state index contributed by atoms with van der Waals surface area (Å²) in [5, 5.41) is 0. The molecule has 0 spiro atoms. The van der Waals surface area contributed by atoms with E-state index in [4.69, 9.17) is 79.9 Å². The van der Waals surface area contributed by atoms with Crippen LogP contribution in [0.15, 0.2) is 0 Å². The van der Waals surface area contributed by atoms with Gasteiger partial charge in [0.05, 0.1) is 68.2 Å². The van der Waals surface area contributed by atoms with Gasteiger partial charge in [-0.05, 0) is 0 Å². The smallest absolute Gasteiger partial charge is 0.0814 e. The maximum atomic E-state index is 8.56. The zero-order valence-corrected chi connectivity index (χ0v) is 14.9. The van der Waals surface area contributed by atoms with Gasteiger partial charge in [0, 0.05) is 0 Å². The minimum absolute atomic E-state index is 2.86. The van der Waals surface area contributed by atoms with Crippen LogP contribution in [0.25, 0.3) is 0 Å². The Labute approximate surface area is 148 Å². The van der Waals surface area contributed by atoms with Gasteiger partial charge in [-0.3, -0.25) is 0 Å². The largest absolute Gasteiger partial charge is 0.750 e. The van der Waals surface area contributed by atoms with Gasteiger partial charge in [0.15, 0.2) is 0 Å². The molecule has 0 fully saturated rings. The summed E-state index contributed by atoms with van der Waals surface area (Å²) in [6, 6.07) is 0. The average molecular weight is 486 g/mol. The molecule has 156 valence electrons. The molecule has 0 aromatic carbocycles. The minimum atomic E-state index is -2.86. The molecule has 18 nitrogen and oxygen atoms in total. The van der Waals surface area contributed by atoms with Crippen molar-refractivity contribution in [1.29, 1.82) is 0 Å². The molecule has 24 heteroatoms. The molecule has 0 rings (SSSR count). The average Bonchev–Trinajstić information content (AvgIpc) is 2.08. The summed E-state index contributed by atoms with van der Waals surface area (Å²) in [6.45, 7) is 0. The highest BCUT2D eigenvalue weighted by atomic mass is 32.2. The molecule has 0 radical (unpaired) electrons. The molecule has 0 aliphatic rings. The third-order valence-electron chi connectivity index (χ3n) is 0. The van der Waals surface area contributed by atoms with E-state index < -0.39 is 68.2 Å². The summed E-state index contributed by atoms with van der Waals surface area (Å²) < 4.78 is 144. The summed E-state index contributed by atoms with van der Waals surface area (Å²) in [5.41, 5.74) is 0. The van der Waals surface area contributed by atoms with Crippen LogP contribution < -0.4 is 0 Å². The van der Waals surface area contributed by atoms with E-state index in [-0.39, 0.29) is 0 Å². The molecule has 6 N–H and O–H groups in total. The van der Waals surface area contributed by atoms with E-state index >= 15 is 0 Å². The summed E-state index contributed by atoms with van der Waals surface area (Å²) in [5.74, 6) is 0. The minimum Gasteiger partial charge on any atom is -0.750 e. The molecule has 0 aliphatic carbocycles. The van der Waals surface area contributed by atoms with Gasteiger partial charge in [0.2, 0.25) is 0 Å². The summed E-state index contributed by atoms with van der Waals surface area (Å²) >= 11 is -17.2. The lowest BCUT2D eigenvalue weighted by Gasteiger charge is -1.83. The monoisotopic (exact) mass is 486 g/mol. The molecule has 0 amide bonds. The summed E-state index contributed by atoms with van der Waals surface area (Å²) in [6.07, 6.45) is 0. The van der Waals surface area contributed by atoms with Crippen molar-refractivity contribution in [2.75, 3.05) is 0 Å². The van der Waals surface area contributed by atoms with Crippen LogP contribution in [0.2, 0.25) is 0 Å². The van der Waals surface area contributed by atoms with Crippen molar-refractivity contribution < 1.29 is 79.9 Å². The molecule has 0 saturated heterocycles. The standard InChI is InChI=1S/6H2O3S/c6*1-4(2)3/h6*(H2,1,2,3)/p-6. The molecular formula is H6O18S6-6. The Bertz CT molecular complexity index is 251. The third-order valence-corrected chi connectivity index (χ3v) is 0. The van der Waals surface area contributed by atoms with Crippen molar-refractivity contribution in [3.63, 3.8) is 0 Å². The second-order valence-electron chi connectivity index (χ2n) is 1.30. The summed E-state index contributed by atoms with van der Waals surface area (Å²) in [4.78, 5) is 0. The Morgan fingerprint density at radius 2 is 0.333 bits per heavy atom. The van der Waals surface area contributed by atoms with E-state index in [1.165, 1.54) is 0 Å². The van der Waals surface area contributed by atoms with Crippen LogP contribution in [-0.2, 0) is 68.2 Å². The SMILES string of the molecule is O=S([O-])O.O=S([O-])O.O=S([O-])O.O=S([O-])O.O=S([O-])O.O=S([O-])O. The van der Waals surface area contributed by atoms with Crippen LogP contribution >= 0.6 is 0 Å². The molecule has 0 heterocycles. The third kappa shape index (κ3) is 58300. The lowest BCUT2D eigenvalue weighted by atomic mass is 15.8. The van der Waals surface area contributed by atoms with Crippen molar-refractivity contribution in [2.24, 2.45) is 0 Å². The predicted molar refractivity (Wildman–Crippen MR) is 69.3 cm³/mol. The first-order valence-electron chi connectivity index (χ1n) is 3.10. The van der Waals surface area contributed by atoms with Gasteiger partial charge in [0.1, 0.15) is 0 Å².